The number of hydrogen-bond donors (Lipinski definition) is 3. The number of hydrogen-bond acceptors (Lipinski definition) is 5. The summed E-state index contributed by atoms with van der Waals surface area (Å²) >= 11 is 0. The maximum atomic E-state index is 12.8. The van der Waals surface area contributed by atoms with Crippen LogP contribution in [0.15, 0.2) is 73.1 Å². The molecule has 0 aliphatic carbocycles. The van der Waals surface area contributed by atoms with Crippen LogP contribution in [-0.2, 0) is 16.0 Å². The Balaban J connectivity index is 1.72. The summed E-state index contributed by atoms with van der Waals surface area (Å²) in [7, 11) is 1.33. The summed E-state index contributed by atoms with van der Waals surface area (Å²) in [4.78, 5) is 29.3. The van der Waals surface area contributed by atoms with E-state index < -0.39 is 17.9 Å². The number of pyridine rings is 1. The van der Waals surface area contributed by atoms with Crippen LogP contribution in [0.3, 0.4) is 0 Å². The first-order valence-electron chi connectivity index (χ1n) is 10.2. The first-order valence-corrected chi connectivity index (χ1v) is 10.2. The summed E-state index contributed by atoms with van der Waals surface area (Å²) < 4.78 is 4.97. The highest BCUT2D eigenvalue weighted by atomic mass is 16.5. The molecule has 7 heteroatoms. The Morgan fingerprint density at radius 1 is 1.03 bits per heavy atom. The van der Waals surface area contributed by atoms with Crippen LogP contribution in [0.1, 0.15) is 28.4 Å². The molecule has 1 amide bonds. The third-order valence-corrected chi connectivity index (χ3v) is 5.32. The van der Waals surface area contributed by atoms with Gasteiger partial charge in [0.15, 0.2) is 0 Å². The van der Waals surface area contributed by atoms with Crippen molar-refractivity contribution < 1.29 is 14.3 Å². The number of esters is 1. The number of carbonyl (C=O) groups excluding carboxylic acids is 2. The molecule has 0 saturated carbocycles. The second kappa shape index (κ2) is 10.3. The Kier molecular flexibility index (Phi) is 7.33. The van der Waals surface area contributed by atoms with Gasteiger partial charge in [-0.3, -0.25) is 20.0 Å². The molecule has 4 N–H and O–H groups in total. The van der Waals surface area contributed by atoms with Gasteiger partial charge in [-0.15, -0.1) is 0 Å². The summed E-state index contributed by atoms with van der Waals surface area (Å²) in [6.07, 6.45) is 3.78. The fourth-order valence-corrected chi connectivity index (χ4v) is 3.48. The topological polar surface area (TPSA) is 118 Å². The lowest BCUT2D eigenvalue weighted by Crippen LogP contribution is -2.42. The first kappa shape index (κ1) is 22.7. The minimum atomic E-state index is -0.595. The maximum Gasteiger partial charge on any atom is 0.311 e. The van der Waals surface area contributed by atoms with E-state index in [4.69, 9.17) is 15.9 Å². The van der Waals surface area contributed by atoms with E-state index in [1.54, 1.807) is 49.6 Å². The number of amidine groups is 1. The molecule has 3 aromatic rings. The summed E-state index contributed by atoms with van der Waals surface area (Å²) in [5.41, 5.74) is 9.47. The second-order valence-electron chi connectivity index (χ2n) is 7.52. The molecule has 1 aromatic heterocycles. The van der Waals surface area contributed by atoms with Crippen molar-refractivity contribution in [1.82, 2.24) is 10.3 Å². The minimum Gasteiger partial charge on any atom is -0.469 e. The van der Waals surface area contributed by atoms with Crippen molar-refractivity contribution in [3.63, 3.8) is 0 Å². The molecule has 0 spiro atoms. The van der Waals surface area contributed by atoms with Crippen molar-refractivity contribution >= 4 is 17.7 Å². The van der Waals surface area contributed by atoms with Gasteiger partial charge in [-0.1, -0.05) is 30.3 Å². The van der Waals surface area contributed by atoms with E-state index in [0.29, 0.717) is 17.5 Å². The van der Waals surface area contributed by atoms with Gasteiger partial charge in [0.2, 0.25) is 0 Å². The van der Waals surface area contributed by atoms with E-state index >= 15 is 0 Å². The number of carbonyl (C=O) groups is 2. The average Bonchev–Trinajstić information content (AvgIpc) is 2.82. The smallest absolute Gasteiger partial charge is 0.311 e. The van der Waals surface area contributed by atoms with Crippen molar-refractivity contribution in [2.24, 2.45) is 11.7 Å². The highest BCUT2D eigenvalue weighted by molar-refractivity contribution is 5.95. The third-order valence-electron chi connectivity index (χ3n) is 5.32. The molecule has 2 aromatic carbocycles. The molecule has 164 valence electrons. The number of rotatable bonds is 8. The van der Waals surface area contributed by atoms with Gasteiger partial charge >= 0.3 is 5.97 Å². The second-order valence-corrected chi connectivity index (χ2v) is 7.52. The number of methoxy groups -OCH3 is 1. The molecule has 0 radical (unpaired) electrons. The summed E-state index contributed by atoms with van der Waals surface area (Å²) in [6, 6.07) is 17.7. The Hall–Kier alpha value is -4.00. The van der Waals surface area contributed by atoms with Crippen molar-refractivity contribution in [1.29, 1.82) is 5.41 Å². The zero-order valence-electron chi connectivity index (χ0n) is 18.0. The predicted molar refractivity (Wildman–Crippen MR) is 123 cm³/mol. The SMILES string of the molecule is COC(=O)C(Cc1cccc(C(=N)N)c1)[C@@H](C)NC(=O)c1ccc(-c2ccncc2)cc1. The standard InChI is InChI=1S/C25H26N4O3/c1-16(22(25(31)32-2)15-17-4-3-5-21(14-17)23(26)27)29-24(30)20-8-6-18(7-9-20)19-10-12-28-13-11-19/h3-14,16,22H,15H2,1-2H3,(H3,26,27)(H,29,30)/t16-,22?/m1/s1. The predicted octanol–water partition coefficient (Wildman–Crippen LogP) is 3.18. The number of nitrogens with zero attached hydrogens (tertiary/aromatic N) is 1. The highest BCUT2D eigenvalue weighted by Gasteiger charge is 2.28. The van der Waals surface area contributed by atoms with Gasteiger partial charge in [0.05, 0.1) is 13.0 Å². The fourth-order valence-electron chi connectivity index (χ4n) is 3.48. The van der Waals surface area contributed by atoms with Crippen molar-refractivity contribution in [2.75, 3.05) is 7.11 Å². The largest absolute Gasteiger partial charge is 0.469 e. The van der Waals surface area contributed by atoms with Gasteiger partial charge in [0.25, 0.3) is 5.91 Å². The van der Waals surface area contributed by atoms with Crippen molar-refractivity contribution in [2.45, 2.75) is 19.4 Å². The summed E-state index contributed by atoms with van der Waals surface area (Å²) in [5.74, 6) is -1.33. The molecule has 1 unspecified atom stereocenters. The number of nitrogens with two attached hydrogens (primary N) is 1. The van der Waals surface area contributed by atoms with Crippen LogP contribution in [0, 0.1) is 11.3 Å². The van der Waals surface area contributed by atoms with Gasteiger partial charge in [0.1, 0.15) is 5.84 Å². The van der Waals surface area contributed by atoms with E-state index in [9.17, 15) is 9.59 Å². The lowest BCUT2D eigenvalue weighted by Gasteiger charge is -2.23. The van der Waals surface area contributed by atoms with Gasteiger partial charge in [-0.05, 0) is 60.4 Å². The van der Waals surface area contributed by atoms with Gasteiger partial charge in [-0.2, -0.15) is 0 Å². The van der Waals surface area contributed by atoms with E-state index in [0.717, 1.165) is 16.7 Å². The first-order chi connectivity index (χ1) is 15.4. The minimum absolute atomic E-state index is 0.0435. The Morgan fingerprint density at radius 2 is 1.69 bits per heavy atom. The maximum absolute atomic E-state index is 12.8. The van der Waals surface area contributed by atoms with Crippen molar-refractivity contribution in [3.05, 3.63) is 89.7 Å². The zero-order valence-corrected chi connectivity index (χ0v) is 18.0. The van der Waals surface area contributed by atoms with Crippen LogP contribution in [0.2, 0.25) is 0 Å². The number of benzene rings is 2. The van der Waals surface area contributed by atoms with Crippen LogP contribution in [-0.4, -0.2) is 35.8 Å². The number of ether oxygens (including phenoxy) is 1. The molecule has 0 saturated heterocycles. The monoisotopic (exact) mass is 430 g/mol. The van der Waals surface area contributed by atoms with Crippen LogP contribution >= 0.6 is 0 Å². The van der Waals surface area contributed by atoms with Crippen LogP contribution < -0.4 is 11.1 Å². The quantitative estimate of drug-likeness (QED) is 0.288. The van der Waals surface area contributed by atoms with E-state index in [1.165, 1.54) is 7.11 Å². The molecule has 0 fully saturated rings. The average molecular weight is 431 g/mol. The normalized spacial score (nSPS) is 12.4. The molecule has 32 heavy (non-hydrogen) atoms. The van der Waals surface area contributed by atoms with E-state index in [2.05, 4.69) is 10.3 Å². The summed E-state index contributed by atoms with van der Waals surface area (Å²) in [6.45, 7) is 1.78. The van der Waals surface area contributed by atoms with Gasteiger partial charge in [0, 0.05) is 29.6 Å². The van der Waals surface area contributed by atoms with Gasteiger partial charge in [-0.25, -0.2) is 0 Å². The molecule has 7 nitrogen and oxygen atoms in total. The molecule has 1 heterocycles. The Labute approximate surface area is 187 Å². The van der Waals surface area contributed by atoms with Crippen LogP contribution in [0.4, 0.5) is 0 Å². The summed E-state index contributed by atoms with van der Waals surface area (Å²) in [5, 5.41) is 10.5. The van der Waals surface area contributed by atoms with Gasteiger partial charge < -0.3 is 15.8 Å². The molecule has 2 atom stereocenters. The number of aromatic nitrogens is 1. The highest BCUT2D eigenvalue weighted by Crippen LogP contribution is 2.20. The Bertz CT molecular complexity index is 1100. The third kappa shape index (κ3) is 5.57. The lowest BCUT2D eigenvalue weighted by atomic mass is 9.92. The Morgan fingerprint density at radius 3 is 2.31 bits per heavy atom. The molecule has 3 rings (SSSR count). The molecular weight excluding hydrogens is 404 g/mol. The number of amides is 1. The number of nitrogens with one attached hydrogen (secondary N) is 2. The fraction of sp³-hybridized carbons (Fsp3) is 0.200. The van der Waals surface area contributed by atoms with Crippen molar-refractivity contribution in [3.8, 4) is 11.1 Å². The number of nitrogen functional groups attached to an aromatic ring is 1. The molecule has 0 aliphatic heterocycles. The van der Waals surface area contributed by atoms with Crippen LogP contribution in [0.5, 0.6) is 0 Å². The molecule has 0 aliphatic rings. The zero-order chi connectivity index (χ0) is 23.1. The lowest BCUT2D eigenvalue weighted by molar-refractivity contribution is -0.146. The molecule has 0 bridgehead atoms. The molecular formula is C25H26N4O3. The van der Waals surface area contributed by atoms with E-state index in [-0.39, 0.29) is 11.7 Å². The van der Waals surface area contributed by atoms with Crippen LogP contribution in [0.25, 0.3) is 11.1 Å². The van der Waals surface area contributed by atoms with E-state index in [1.807, 2.05) is 30.3 Å².